The van der Waals surface area contributed by atoms with E-state index in [1.165, 1.54) is 0 Å². The van der Waals surface area contributed by atoms with E-state index in [1.54, 1.807) is 23.9 Å². The number of hydrogen-bond acceptors (Lipinski definition) is 3. The second-order valence-electron chi connectivity index (χ2n) is 3.42. The van der Waals surface area contributed by atoms with Gasteiger partial charge in [-0.05, 0) is 24.5 Å². The maximum Gasteiger partial charge on any atom is 0.337 e. The first-order valence-electron chi connectivity index (χ1n) is 4.84. The number of anilines is 1. The largest absolute Gasteiger partial charge is 0.478 e. The van der Waals surface area contributed by atoms with Crippen LogP contribution >= 0.6 is 27.7 Å². The number of benzene rings is 1. The van der Waals surface area contributed by atoms with E-state index in [9.17, 15) is 4.79 Å². The fourth-order valence-corrected chi connectivity index (χ4v) is 1.80. The van der Waals surface area contributed by atoms with Gasteiger partial charge in [-0.1, -0.05) is 22.9 Å². The van der Waals surface area contributed by atoms with E-state index in [0.29, 0.717) is 16.5 Å². The van der Waals surface area contributed by atoms with Crippen molar-refractivity contribution in [2.45, 2.75) is 12.2 Å². The number of hydrogen-bond donors (Lipinski definition) is 2. The maximum absolute atomic E-state index is 11.0. The molecule has 1 atom stereocenters. The molecule has 0 aliphatic heterocycles. The lowest BCUT2D eigenvalue weighted by Crippen LogP contribution is -2.15. The van der Waals surface area contributed by atoms with Crippen LogP contribution in [-0.2, 0) is 0 Å². The summed E-state index contributed by atoms with van der Waals surface area (Å²) in [7, 11) is 0. The molecular formula is C11H14BrNO2S. The molecule has 1 unspecified atom stereocenters. The molecule has 88 valence electrons. The van der Waals surface area contributed by atoms with Gasteiger partial charge in [-0.15, -0.1) is 0 Å². The van der Waals surface area contributed by atoms with Crippen LogP contribution in [0.1, 0.15) is 17.3 Å². The molecule has 0 spiro atoms. The average Bonchev–Trinajstić information content (AvgIpc) is 2.26. The van der Waals surface area contributed by atoms with Gasteiger partial charge < -0.3 is 10.4 Å². The molecular weight excluding hydrogens is 290 g/mol. The molecule has 0 fully saturated rings. The minimum absolute atomic E-state index is 0.294. The number of thioether (sulfide) groups is 1. The standard InChI is InChI=1S/C11H14BrNO2S/c1-7(16-2)6-13-10-4-3-8(12)5-9(10)11(14)15/h3-5,7,13H,6H2,1-2H3,(H,14,15). The summed E-state index contributed by atoms with van der Waals surface area (Å²) in [6.07, 6.45) is 2.03. The summed E-state index contributed by atoms with van der Waals surface area (Å²) in [4.78, 5) is 11.0. The lowest BCUT2D eigenvalue weighted by molar-refractivity contribution is 0.0698. The highest BCUT2D eigenvalue weighted by molar-refractivity contribution is 9.10. The van der Waals surface area contributed by atoms with Gasteiger partial charge in [-0.2, -0.15) is 11.8 Å². The molecule has 0 radical (unpaired) electrons. The van der Waals surface area contributed by atoms with Crippen LogP contribution < -0.4 is 5.32 Å². The zero-order valence-electron chi connectivity index (χ0n) is 9.16. The zero-order chi connectivity index (χ0) is 12.1. The van der Waals surface area contributed by atoms with E-state index in [4.69, 9.17) is 5.11 Å². The second-order valence-corrected chi connectivity index (χ2v) is 5.61. The second kappa shape index (κ2) is 6.15. The van der Waals surface area contributed by atoms with Gasteiger partial charge in [0.15, 0.2) is 0 Å². The van der Waals surface area contributed by atoms with Crippen LogP contribution in [0, 0.1) is 0 Å². The van der Waals surface area contributed by atoms with Crippen LogP contribution in [0.5, 0.6) is 0 Å². The van der Waals surface area contributed by atoms with Crippen LogP contribution in [0.2, 0.25) is 0 Å². The van der Waals surface area contributed by atoms with E-state index in [1.807, 2.05) is 12.3 Å². The summed E-state index contributed by atoms with van der Waals surface area (Å²) in [5, 5.41) is 12.6. The molecule has 0 heterocycles. The summed E-state index contributed by atoms with van der Waals surface area (Å²) < 4.78 is 0.772. The SMILES string of the molecule is CSC(C)CNc1ccc(Br)cc1C(=O)O. The van der Waals surface area contributed by atoms with Gasteiger partial charge in [0, 0.05) is 22.0 Å². The van der Waals surface area contributed by atoms with Gasteiger partial charge in [0.2, 0.25) is 0 Å². The zero-order valence-corrected chi connectivity index (χ0v) is 11.6. The van der Waals surface area contributed by atoms with E-state index >= 15 is 0 Å². The quantitative estimate of drug-likeness (QED) is 0.876. The van der Waals surface area contributed by atoms with Gasteiger partial charge in [0.1, 0.15) is 0 Å². The third-order valence-corrected chi connectivity index (χ3v) is 3.66. The van der Waals surface area contributed by atoms with Crippen molar-refractivity contribution in [1.29, 1.82) is 0 Å². The van der Waals surface area contributed by atoms with E-state index < -0.39 is 5.97 Å². The molecule has 0 saturated heterocycles. The van der Waals surface area contributed by atoms with Crippen LogP contribution in [-0.4, -0.2) is 29.1 Å². The van der Waals surface area contributed by atoms with Crippen molar-refractivity contribution in [3.05, 3.63) is 28.2 Å². The summed E-state index contributed by atoms with van der Waals surface area (Å²) in [6.45, 7) is 2.85. The Bertz CT molecular complexity index is 384. The van der Waals surface area contributed by atoms with E-state index in [2.05, 4.69) is 28.2 Å². The van der Waals surface area contributed by atoms with Crippen molar-refractivity contribution in [3.8, 4) is 0 Å². The molecule has 2 N–H and O–H groups in total. The Morgan fingerprint density at radius 3 is 2.88 bits per heavy atom. The first-order valence-corrected chi connectivity index (χ1v) is 6.92. The number of nitrogens with one attached hydrogen (secondary N) is 1. The molecule has 0 aromatic heterocycles. The predicted octanol–water partition coefficient (Wildman–Crippen LogP) is 3.31. The molecule has 0 aliphatic carbocycles. The van der Waals surface area contributed by atoms with Crippen LogP contribution in [0.4, 0.5) is 5.69 Å². The third kappa shape index (κ3) is 3.72. The number of halogens is 1. The fourth-order valence-electron chi connectivity index (χ4n) is 1.18. The molecule has 16 heavy (non-hydrogen) atoms. The first-order chi connectivity index (χ1) is 7.54. The van der Waals surface area contributed by atoms with Crippen molar-refractivity contribution in [2.24, 2.45) is 0 Å². The molecule has 1 aromatic carbocycles. The molecule has 3 nitrogen and oxygen atoms in total. The van der Waals surface area contributed by atoms with Crippen LogP contribution in [0.25, 0.3) is 0 Å². The summed E-state index contributed by atoms with van der Waals surface area (Å²) >= 11 is 5.01. The number of carboxylic acid groups (broad SMARTS) is 1. The van der Waals surface area contributed by atoms with Crippen LogP contribution in [0.3, 0.4) is 0 Å². The smallest absolute Gasteiger partial charge is 0.337 e. The highest BCUT2D eigenvalue weighted by Crippen LogP contribution is 2.21. The monoisotopic (exact) mass is 303 g/mol. The molecule has 1 aromatic rings. The number of aromatic carboxylic acids is 1. The molecule has 0 bridgehead atoms. The van der Waals surface area contributed by atoms with Crippen molar-refractivity contribution >= 4 is 39.3 Å². The minimum atomic E-state index is -0.916. The van der Waals surface area contributed by atoms with Gasteiger partial charge in [-0.25, -0.2) is 4.79 Å². The van der Waals surface area contributed by atoms with Gasteiger partial charge in [-0.3, -0.25) is 0 Å². The topological polar surface area (TPSA) is 49.3 Å². The van der Waals surface area contributed by atoms with Crippen molar-refractivity contribution in [2.75, 3.05) is 18.1 Å². The van der Waals surface area contributed by atoms with Gasteiger partial charge in [0.05, 0.1) is 5.56 Å². The van der Waals surface area contributed by atoms with Crippen LogP contribution in [0.15, 0.2) is 22.7 Å². The van der Waals surface area contributed by atoms with Crippen molar-refractivity contribution < 1.29 is 9.90 Å². The summed E-state index contributed by atoms with van der Waals surface area (Å²) in [5.74, 6) is -0.916. The normalized spacial score (nSPS) is 12.2. The Hall–Kier alpha value is -0.680. The number of carboxylic acids is 1. The maximum atomic E-state index is 11.0. The lowest BCUT2D eigenvalue weighted by atomic mass is 10.2. The van der Waals surface area contributed by atoms with E-state index in [0.717, 1.165) is 11.0 Å². The molecule has 0 amide bonds. The summed E-state index contributed by atoms with van der Waals surface area (Å²) in [5.41, 5.74) is 0.958. The molecule has 1 rings (SSSR count). The van der Waals surface area contributed by atoms with Crippen molar-refractivity contribution in [3.63, 3.8) is 0 Å². The summed E-state index contributed by atoms with van der Waals surface area (Å²) in [6, 6.07) is 5.22. The third-order valence-electron chi connectivity index (χ3n) is 2.19. The Kier molecular flexibility index (Phi) is 5.15. The average molecular weight is 304 g/mol. The van der Waals surface area contributed by atoms with Crippen molar-refractivity contribution in [1.82, 2.24) is 0 Å². The molecule has 0 aliphatic rings. The highest BCUT2D eigenvalue weighted by Gasteiger charge is 2.10. The molecule has 5 heteroatoms. The number of rotatable bonds is 5. The van der Waals surface area contributed by atoms with E-state index in [-0.39, 0.29) is 0 Å². The minimum Gasteiger partial charge on any atom is -0.478 e. The Labute approximate surface area is 108 Å². The fraction of sp³-hybridized carbons (Fsp3) is 0.364. The predicted molar refractivity (Wildman–Crippen MR) is 72.6 cm³/mol. The van der Waals surface area contributed by atoms with Gasteiger partial charge in [0.25, 0.3) is 0 Å². The lowest BCUT2D eigenvalue weighted by Gasteiger charge is -2.13. The number of carbonyl (C=O) groups is 1. The molecule has 0 saturated carbocycles. The first kappa shape index (κ1) is 13.4. The Balaban J connectivity index is 2.82. The Morgan fingerprint density at radius 1 is 1.62 bits per heavy atom. The van der Waals surface area contributed by atoms with Gasteiger partial charge >= 0.3 is 5.97 Å². The Morgan fingerprint density at radius 2 is 2.31 bits per heavy atom. The highest BCUT2D eigenvalue weighted by atomic mass is 79.9.